The minimum atomic E-state index is 0.849. The van der Waals surface area contributed by atoms with Crippen LogP contribution in [0.25, 0.3) is 66.4 Å². The fourth-order valence-corrected chi connectivity index (χ4v) is 7.97. The summed E-state index contributed by atoms with van der Waals surface area (Å²) in [7, 11) is 0. The van der Waals surface area contributed by atoms with Gasteiger partial charge in [-0.25, -0.2) is 0 Å². The molecule has 0 bridgehead atoms. The minimum absolute atomic E-state index is 0.849. The van der Waals surface area contributed by atoms with Crippen molar-refractivity contribution in [2.75, 3.05) is 4.90 Å². The van der Waals surface area contributed by atoms with Crippen molar-refractivity contribution in [1.29, 1.82) is 0 Å². The zero-order valence-electron chi connectivity index (χ0n) is 29.6. The van der Waals surface area contributed by atoms with E-state index in [1.165, 1.54) is 22.3 Å². The fraction of sp³-hybridized carbons (Fsp3) is 0. The third-order valence-electron chi connectivity index (χ3n) is 10.5. The molecule has 254 valence electrons. The van der Waals surface area contributed by atoms with Crippen molar-refractivity contribution in [3.05, 3.63) is 212 Å². The predicted molar refractivity (Wildman–Crippen MR) is 226 cm³/mol. The molecule has 0 atom stereocenters. The Morgan fingerprint density at radius 1 is 0.315 bits per heavy atom. The van der Waals surface area contributed by atoms with Crippen molar-refractivity contribution in [2.45, 2.75) is 0 Å². The van der Waals surface area contributed by atoms with Crippen LogP contribution in [0, 0.1) is 0 Å². The molecule has 0 N–H and O–H groups in total. The van der Waals surface area contributed by atoms with Crippen LogP contribution in [0.4, 0.5) is 17.1 Å². The van der Waals surface area contributed by atoms with Gasteiger partial charge in [-0.05, 0) is 98.2 Å². The van der Waals surface area contributed by atoms with E-state index >= 15 is 0 Å². The number of hydrogen-bond donors (Lipinski definition) is 0. The van der Waals surface area contributed by atoms with Gasteiger partial charge in [-0.2, -0.15) is 0 Å². The first kappa shape index (κ1) is 31.6. The van der Waals surface area contributed by atoms with Crippen LogP contribution in [0.3, 0.4) is 0 Å². The number of benzene rings is 9. The van der Waals surface area contributed by atoms with Crippen LogP contribution < -0.4 is 9.64 Å². The number of fused-ring (bicyclic) bond motifs is 7. The Bertz CT molecular complexity index is 2790. The van der Waals surface area contributed by atoms with Crippen LogP contribution in [0.15, 0.2) is 212 Å². The van der Waals surface area contributed by atoms with Crippen LogP contribution in [-0.2, 0) is 0 Å². The summed E-state index contributed by atoms with van der Waals surface area (Å²) in [6.07, 6.45) is 0. The second kappa shape index (κ2) is 13.4. The minimum Gasteiger partial charge on any atom is -0.456 e. The van der Waals surface area contributed by atoms with Gasteiger partial charge in [0.05, 0.1) is 5.69 Å². The molecule has 0 spiro atoms. The first-order chi connectivity index (χ1) is 26.8. The number of rotatable bonds is 6. The second-order valence-corrected chi connectivity index (χ2v) is 13.7. The van der Waals surface area contributed by atoms with Crippen LogP contribution in [0.2, 0.25) is 0 Å². The molecule has 10 rings (SSSR count). The maximum absolute atomic E-state index is 6.87. The molecule has 1 heterocycles. The fourth-order valence-electron chi connectivity index (χ4n) is 7.97. The van der Waals surface area contributed by atoms with Gasteiger partial charge in [-0.1, -0.05) is 164 Å². The van der Waals surface area contributed by atoms with E-state index in [9.17, 15) is 0 Å². The summed E-state index contributed by atoms with van der Waals surface area (Å²) in [5, 5.41) is 2.29. The molecule has 0 fully saturated rings. The lowest BCUT2D eigenvalue weighted by molar-refractivity contribution is 0.488. The van der Waals surface area contributed by atoms with Gasteiger partial charge in [-0.15, -0.1) is 0 Å². The van der Waals surface area contributed by atoms with Crippen LogP contribution in [-0.4, -0.2) is 0 Å². The number of nitrogens with zero attached hydrogens (tertiary/aromatic N) is 1. The zero-order valence-corrected chi connectivity index (χ0v) is 29.6. The van der Waals surface area contributed by atoms with Crippen molar-refractivity contribution in [1.82, 2.24) is 0 Å². The summed E-state index contributed by atoms with van der Waals surface area (Å²) in [6, 6.07) is 75.7. The summed E-state index contributed by atoms with van der Waals surface area (Å²) >= 11 is 0. The summed E-state index contributed by atoms with van der Waals surface area (Å²) in [5.74, 6) is 1.70. The van der Waals surface area contributed by atoms with Gasteiger partial charge in [0.15, 0.2) is 0 Å². The lowest BCUT2D eigenvalue weighted by atomic mass is 9.90. The largest absolute Gasteiger partial charge is 0.456 e. The molecule has 2 nitrogen and oxygen atoms in total. The van der Waals surface area contributed by atoms with Gasteiger partial charge in [0, 0.05) is 28.1 Å². The van der Waals surface area contributed by atoms with Gasteiger partial charge in [-0.3, -0.25) is 0 Å². The van der Waals surface area contributed by atoms with Gasteiger partial charge in [0.2, 0.25) is 0 Å². The highest BCUT2D eigenvalue weighted by Gasteiger charge is 2.25. The molecule has 9 aromatic rings. The van der Waals surface area contributed by atoms with Gasteiger partial charge in [0.25, 0.3) is 0 Å². The van der Waals surface area contributed by atoms with Crippen LogP contribution >= 0.6 is 0 Å². The number of hydrogen-bond acceptors (Lipinski definition) is 2. The first-order valence-electron chi connectivity index (χ1n) is 18.4. The molecule has 54 heavy (non-hydrogen) atoms. The molecule has 0 radical (unpaired) electrons. The average Bonchev–Trinajstić information content (AvgIpc) is 3.39. The normalized spacial score (nSPS) is 11.5. The molecular weight excluding hydrogens is 655 g/mol. The lowest BCUT2D eigenvalue weighted by Crippen LogP contribution is -2.11. The lowest BCUT2D eigenvalue weighted by Gasteiger charge is -2.29. The molecular formula is C52H35NO. The summed E-state index contributed by atoms with van der Waals surface area (Å²) in [6.45, 7) is 0. The third kappa shape index (κ3) is 5.53. The molecule has 0 amide bonds. The van der Waals surface area contributed by atoms with E-state index in [0.717, 1.165) is 72.7 Å². The predicted octanol–water partition coefficient (Wildman–Crippen LogP) is 14.8. The molecule has 2 heteroatoms. The van der Waals surface area contributed by atoms with Crippen LogP contribution in [0.1, 0.15) is 0 Å². The zero-order chi connectivity index (χ0) is 35.8. The van der Waals surface area contributed by atoms with Gasteiger partial charge >= 0.3 is 0 Å². The van der Waals surface area contributed by atoms with E-state index in [-0.39, 0.29) is 0 Å². The van der Waals surface area contributed by atoms with Crippen LogP contribution in [0.5, 0.6) is 11.5 Å². The van der Waals surface area contributed by atoms with Crippen molar-refractivity contribution in [3.63, 3.8) is 0 Å². The Morgan fingerprint density at radius 2 is 0.870 bits per heavy atom. The quantitative estimate of drug-likeness (QED) is 0.172. The molecule has 0 aromatic heterocycles. The first-order valence-corrected chi connectivity index (χ1v) is 18.4. The average molecular weight is 690 g/mol. The van der Waals surface area contributed by atoms with Crippen molar-refractivity contribution in [2.24, 2.45) is 0 Å². The van der Waals surface area contributed by atoms with E-state index in [0.29, 0.717) is 0 Å². The third-order valence-corrected chi connectivity index (χ3v) is 10.5. The molecule has 0 saturated heterocycles. The van der Waals surface area contributed by atoms with E-state index in [1.807, 2.05) is 0 Å². The smallest absolute Gasteiger partial charge is 0.135 e. The molecule has 0 unspecified atom stereocenters. The highest BCUT2D eigenvalue weighted by Crippen LogP contribution is 2.51. The van der Waals surface area contributed by atoms with Crippen molar-refractivity contribution < 1.29 is 4.74 Å². The molecule has 0 saturated carbocycles. The number of anilines is 3. The van der Waals surface area contributed by atoms with Crippen molar-refractivity contribution >= 4 is 27.8 Å². The number of para-hydroxylation sites is 2. The van der Waals surface area contributed by atoms with E-state index < -0.39 is 0 Å². The molecule has 1 aliphatic rings. The Kier molecular flexibility index (Phi) is 7.85. The topological polar surface area (TPSA) is 12.5 Å². The standard InChI is InChI=1S/C52H35NO/c1-4-16-36(17-5-1)39-30-32-50-48(34-39)44-24-12-13-26-46(44)52-47-35-41(31-28-38(47)29-33-51(52)54-50)53(40-20-8-3-9-21-40)49-27-15-14-25-45(49)43-23-11-10-22-42(43)37-18-6-2-7-19-37/h1-35H. The summed E-state index contributed by atoms with van der Waals surface area (Å²) in [4.78, 5) is 2.39. The Labute approximate surface area is 315 Å². The highest BCUT2D eigenvalue weighted by molar-refractivity contribution is 6.07. The Morgan fingerprint density at radius 3 is 1.61 bits per heavy atom. The molecule has 1 aliphatic heterocycles. The summed E-state index contributed by atoms with van der Waals surface area (Å²) in [5.41, 5.74) is 14.8. The number of ether oxygens (including phenoxy) is 1. The molecule has 9 aromatic carbocycles. The maximum Gasteiger partial charge on any atom is 0.135 e. The maximum atomic E-state index is 6.87. The monoisotopic (exact) mass is 689 g/mol. The summed E-state index contributed by atoms with van der Waals surface area (Å²) < 4.78 is 6.87. The van der Waals surface area contributed by atoms with Gasteiger partial charge < -0.3 is 9.64 Å². The molecule has 0 aliphatic carbocycles. The van der Waals surface area contributed by atoms with E-state index in [2.05, 4.69) is 217 Å². The Balaban J connectivity index is 1.18. The Hall–Kier alpha value is -7.16. The second-order valence-electron chi connectivity index (χ2n) is 13.7. The highest BCUT2D eigenvalue weighted by atomic mass is 16.5. The van der Waals surface area contributed by atoms with E-state index in [4.69, 9.17) is 4.74 Å². The van der Waals surface area contributed by atoms with E-state index in [1.54, 1.807) is 0 Å². The SMILES string of the molecule is c1ccc(-c2ccc3c(c2)-c2ccccc2-c2c(ccc4ccc(N(c5ccccc5)c5ccccc5-c5ccccc5-c5ccccc5)cc24)O3)cc1. The van der Waals surface area contributed by atoms with Gasteiger partial charge in [0.1, 0.15) is 11.5 Å². The van der Waals surface area contributed by atoms with Crippen molar-refractivity contribution in [3.8, 4) is 67.1 Å².